The minimum Gasteiger partial charge on any atom is -0.466 e. The highest BCUT2D eigenvalue weighted by Gasteiger charge is 2.22. The van der Waals surface area contributed by atoms with Gasteiger partial charge in [-0.2, -0.15) is 0 Å². The number of esters is 2. The molecule has 128 valence electrons. The molecule has 0 radical (unpaired) electrons. The highest BCUT2D eigenvalue weighted by atomic mass is 35.5. The lowest BCUT2D eigenvalue weighted by atomic mass is 10.2. The normalized spacial score (nSPS) is 10.5. The van der Waals surface area contributed by atoms with Crippen LogP contribution in [0.3, 0.4) is 0 Å². The third kappa shape index (κ3) is 5.87. The zero-order valence-corrected chi connectivity index (χ0v) is 15.8. The summed E-state index contributed by atoms with van der Waals surface area (Å²) in [5.74, 6) is -1.16. The molecule has 0 spiro atoms. The standard InChI is InChI=1S/C14H13Cl5O4/c1-2-6-22-7(20)4-3-5-8(21)23-14-12(18)10(16)9(15)11(17)13(14)19/h2-6H2,1H3. The van der Waals surface area contributed by atoms with Crippen molar-refractivity contribution in [2.24, 2.45) is 0 Å². The van der Waals surface area contributed by atoms with Gasteiger partial charge in [0.2, 0.25) is 0 Å². The minimum atomic E-state index is -0.633. The number of ether oxygens (including phenoxy) is 2. The van der Waals surface area contributed by atoms with Crippen LogP contribution in [-0.2, 0) is 14.3 Å². The molecule has 1 rings (SSSR count). The lowest BCUT2D eigenvalue weighted by Gasteiger charge is -2.12. The first kappa shape index (κ1) is 20.7. The van der Waals surface area contributed by atoms with Gasteiger partial charge in [0.1, 0.15) is 10.0 Å². The molecule has 0 heterocycles. The van der Waals surface area contributed by atoms with Crippen LogP contribution in [0.1, 0.15) is 32.6 Å². The average Bonchev–Trinajstić information content (AvgIpc) is 2.53. The average molecular weight is 423 g/mol. The van der Waals surface area contributed by atoms with Crippen LogP contribution in [-0.4, -0.2) is 18.5 Å². The Morgan fingerprint density at radius 3 is 1.83 bits per heavy atom. The zero-order valence-electron chi connectivity index (χ0n) is 12.1. The van der Waals surface area contributed by atoms with Crippen molar-refractivity contribution in [3.63, 3.8) is 0 Å². The predicted molar refractivity (Wildman–Crippen MR) is 92.2 cm³/mol. The molecule has 0 fully saturated rings. The van der Waals surface area contributed by atoms with E-state index >= 15 is 0 Å². The van der Waals surface area contributed by atoms with E-state index in [0.29, 0.717) is 6.61 Å². The molecule has 0 saturated heterocycles. The van der Waals surface area contributed by atoms with E-state index in [1.54, 1.807) is 0 Å². The molecule has 0 aliphatic heterocycles. The van der Waals surface area contributed by atoms with Gasteiger partial charge in [0.25, 0.3) is 0 Å². The summed E-state index contributed by atoms with van der Waals surface area (Å²) >= 11 is 29.5. The van der Waals surface area contributed by atoms with Crippen LogP contribution in [0, 0.1) is 0 Å². The van der Waals surface area contributed by atoms with Crippen LogP contribution in [0.2, 0.25) is 25.1 Å². The first-order valence-corrected chi connectivity index (χ1v) is 8.56. The van der Waals surface area contributed by atoms with Crippen molar-refractivity contribution in [1.82, 2.24) is 0 Å². The fourth-order valence-corrected chi connectivity index (χ4v) is 2.70. The lowest BCUT2D eigenvalue weighted by molar-refractivity contribution is -0.144. The Hall–Kier alpha value is -0.390. The third-order valence-electron chi connectivity index (χ3n) is 2.61. The van der Waals surface area contributed by atoms with Gasteiger partial charge < -0.3 is 9.47 Å². The van der Waals surface area contributed by atoms with Crippen LogP contribution in [0.5, 0.6) is 5.75 Å². The van der Waals surface area contributed by atoms with Gasteiger partial charge in [0.15, 0.2) is 5.75 Å². The highest BCUT2D eigenvalue weighted by Crippen LogP contribution is 2.48. The summed E-state index contributed by atoms with van der Waals surface area (Å²) < 4.78 is 9.96. The smallest absolute Gasteiger partial charge is 0.311 e. The number of hydrogen-bond acceptors (Lipinski definition) is 4. The van der Waals surface area contributed by atoms with E-state index in [1.165, 1.54) is 0 Å². The number of carbonyl (C=O) groups is 2. The van der Waals surface area contributed by atoms with Crippen molar-refractivity contribution in [3.8, 4) is 5.75 Å². The number of hydrogen-bond donors (Lipinski definition) is 0. The molecule has 1 aromatic rings. The number of carbonyl (C=O) groups excluding carboxylic acids is 2. The van der Waals surface area contributed by atoms with E-state index in [2.05, 4.69) is 0 Å². The number of rotatable bonds is 7. The maximum absolute atomic E-state index is 11.8. The summed E-state index contributed by atoms with van der Waals surface area (Å²) in [6, 6.07) is 0. The Labute approximate surface area is 158 Å². The molecular weight excluding hydrogens is 409 g/mol. The quantitative estimate of drug-likeness (QED) is 0.235. The van der Waals surface area contributed by atoms with E-state index in [1.807, 2.05) is 6.92 Å². The van der Waals surface area contributed by atoms with Gasteiger partial charge in [-0.05, 0) is 12.8 Å². The van der Waals surface area contributed by atoms with Gasteiger partial charge in [0.05, 0.1) is 21.7 Å². The van der Waals surface area contributed by atoms with Gasteiger partial charge in [-0.1, -0.05) is 64.9 Å². The molecule has 0 aliphatic carbocycles. The van der Waals surface area contributed by atoms with Gasteiger partial charge in [-0.25, -0.2) is 0 Å². The van der Waals surface area contributed by atoms with Gasteiger partial charge >= 0.3 is 11.9 Å². The molecule has 23 heavy (non-hydrogen) atoms. The molecule has 0 aromatic heterocycles. The first-order chi connectivity index (χ1) is 10.8. The maximum Gasteiger partial charge on any atom is 0.311 e. The second-order valence-corrected chi connectivity index (χ2v) is 6.34. The summed E-state index contributed by atoms with van der Waals surface area (Å²) in [7, 11) is 0. The second kappa shape index (κ2) is 9.80. The van der Waals surface area contributed by atoms with Crippen LogP contribution < -0.4 is 4.74 Å². The Bertz CT molecular complexity index is 574. The van der Waals surface area contributed by atoms with Crippen LogP contribution in [0.15, 0.2) is 0 Å². The maximum atomic E-state index is 11.8. The zero-order chi connectivity index (χ0) is 17.6. The summed E-state index contributed by atoms with van der Waals surface area (Å²) in [4.78, 5) is 23.1. The van der Waals surface area contributed by atoms with E-state index in [4.69, 9.17) is 67.5 Å². The highest BCUT2D eigenvalue weighted by molar-refractivity contribution is 6.55. The molecule has 0 saturated carbocycles. The van der Waals surface area contributed by atoms with E-state index in [9.17, 15) is 9.59 Å². The van der Waals surface area contributed by atoms with Crippen molar-refractivity contribution in [2.45, 2.75) is 32.6 Å². The summed E-state index contributed by atoms with van der Waals surface area (Å²) in [5, 5.41) is -0.368. The van der Waals surface area contributed by atoms with Crippen molar-refractivity contribution >= 4 is 69.9 Å². The molecule has 0 aliphatic rings. The molecule has 0 unspecified atom stereocenters. The Kier molecular flexibility index (Phi) is 8.80. The van der Waals surface area contributed by atoms with E-state index < -0.39 is 5.97 Å². The van der Waals surface area contributed by atoms with Crippen molar-refractivity contribution in [3.05, 3.63) is 25.1 Å². The van der Waals surface area contributed by atoms with Crippen LogP contribution in [0.4, 0.5) is 0 Å². The summed E-state index contributed by atoms with van der Waals surface area (Å²) in [6.45, 7) is 2.25. The summed E-state index contributed by atoms with van der Waals surface area (Å²) in [6.07, 6.45) is 1.10. The SMILES string of the molecule is CCCOC(=O)CCCC(=O)Oc1c(Cl)c(Cl)c(Cl)c(Cl)c1Cl. The van der Waals surface area contributed by atoms with E-state index in [-0.39, 0.29) is 56.1 Å². The van der Waals surface area contributed by atoms with Crippen LogP contribution >= 0.6 is 58.0 Å². The molecule has 0 N–H and O–H groups in total. The molecule has 4 nitrogen and oxygen atoms in total. The minimum absolute atomic E-state index is 0.0221. The molecule has 0 atom stereocenters. The Morgan fingerprint density at radius 2 is 1.30 bits per heavy atom. The second-order valence-electron chi connectivity index (χ2n) is 4.45. The fraction of sp³-hybridized carbons (Fsp3) is 0.429. The lowest BCUT2D eigenvalue weighted by Crippen LogP contribution is -2.11. The van der Waals surface area contributed by atoms with Gasteiger partial charge in [0, 0.05) is 12.8 Å². The fourth-order valence-electron chi connectivity index (χ4n) is 1.50. The van der Waals surface area contributed by atoms with E-state index in [0.717, 1.165) is 6.42 Å². The predicted octanol–water partition coefficient (Wildman–Crippen LogP) is 5.98. The van der Waals surface area contributed by atoms with Crippen molar-refractivity contribution in [1.29, 1.82) is 0 Å². The number of halogens is 5. The topological polar surface area (TPSA) is 52.6 Å². The molecule has 9 heteroatoms. The Balaban J connectivity index is 2.64. The van der Waals surface area contributed by atoms with Gasteiger partial charge in [-0.15, -0.1) is 0 Å². The molecular formula is C14H13Cl5O4. The monoisotopic (exact) mass is 420 g/mol. The number of benzene rings is 1. The molecule has 0 bridgehead atoms. The van der Waals surface area contributed by atoms with Gasteiger partial charge in [-0.3, -0.25) is 9.59 Å². The third-order valence-corrected chi connectivity index (χ3v) is 4.86. The van der Waals surface area contributed by atoms with Crippen LogP contribution in [0.25, 0.3) is 0 Å². The van der Waals surface area contributed by atoms with Crippen molar-refractivity contribution < 1.29 is 19.1 Å². The largest absolute Gasteiger partial charge is 0.466 e. The molecule has 0 amide bonds. The van der Waals surface area contributed by atoms with Crippen molar-refractivity contribution in [2.75, 3.05) is 6.61 Å². The first-order valence-electron chi connectivity index (χ1n) is 6.67. The molecule has 1 aromatic carbocycles. The Morgan fingerprint density at radius 1 is 0.826 bits per heavy atom. The summed E-state index contributed by atoms with van der Waals surface area (Å²) in [5.41, 5.74) is 0.